The molecule has 0 rings (SSSR count). The molecule has 0 heterocycles. The number of alkyl halides is 27. The van der Waals surface area contributed by atoms with Gasteiger partial charge in [0.1, 0.15) is 0 Å². The summed E-state index contributed by atoms with van der Waals surface area (Å²) in [5, 5.41) is 0. The van der Waals surface area contributed by atoms with Crippen LogP contribution in [0.5, 0.6) is 0 Å². The number of hydrogen-bond acceptors (Lipinski definition) is 2. The van der Waals surface area contributed by atoms with Crippen molar-refractivity contribution in [2.45, 2.75) is 71.8 Å². The van der Waals surface area contributed by atoms with Crippen LogP contribution in [0.1, 0.15) is 0 Å². The van der Waals surface area contributed by atoms with E-state index in [1.807, 2.05) is 0 Å². The summed E-state index contributed by atoms with van der Waals surface area (Å²) in [5.74, 6) is -56.5. The summed E-state index contributed by atoms with van der Waals surface area (Å²) >= 11 is 0. The van der Waals surface area contributed by atoms with Gasteiger partial charge in [0.05, 0.1) is 0 Å². The molecule has 0 aromatic carbocycles. The van der Waals surface area contributed by atoms with E-state index in [1.165, 1.54) is 0 Å². The Hall–Kier alpha value is -1.82. The molecule has 0 aromatic rings. The smallest absolute Gasteiger partial charge is 0.299 e. The monoisotopic (exact) mass is 736 g/mol. The topological polar surface area (TPSA) is 18.5 Å². The van der Waals surface area contributed by atoms with Gasteiger partial charge in [-0.1, -0.05) is 0 Å². The van der Waals surface area contributed by atoms with Gasteiger partial charge in [0.15, 0.2) is 0 Å². The van der Waals surface area contributed by atoms with Crippen molar-refractivity contribution in [3.63, 3.8) is 0 Å². The predicted molar refractivity (Wildman–Crippen MR) is 71.7 cm³/mol. The highest BCUT2D eigenvalue weighted by atomic mass is 28.4. The molecule has 0 fully saturated rings. The highest BCUT2D eigenvalue weighted by Gasteiger charge is 2.98. The largest absolute Gasteiger partial charge is 0.629 e. The van der Waals surface area contributed by atoms with E-state index in [-0.39, 0.29) is 0 Å². The van der Waals surface area contributed by atoms with Gasteiger partial charge < -0.3 is 0 Å². The maximum atomic E-state index is 14.2. The minimum Gasteiger partial charge on any atom is -0.299 e. The summed E-state index contributed by atoms with van der Waals surface area (Å²) in [7, 11) is -11.1. The lowest BCUT2D eigenvalue weighted by molar-refractivity contribution is -0.461. The first-order valence-electron chi connectivity index (χ1n) is 8.61. The van der Waals surface area contributed by atoms with Crippen molar-refractivity contribution in [3.05, 3.63) is 0 Å². The molecule has 0 saturated carbocycles. The normalized spacial score (nSPS) is 17.0. The molecule has 0 aliphatic carbocycles. The molecule has 43 heavy (non-hydrogen) atoms. The van der Waals surface area contributed by atoms with Gasteiger partial charge in [0, 0.05) is 0 Å². The van der Waals surface area contributed by atoms with E-state index in [4.69, 9.17) is 0 Å². The van der Waals surface area contributed by atoms with Gasteiger partial charge in [-0.05, 0) is 0 Å². The van der Waals surface area contributed by atoms with Crippen LogP contribution in [0, 0.1) is 0 Å². The summed E-state index contributed by atoms with van der Waals surface area (Å²) < 4.78 is 364. The quantitative estimate of drug-likeness (QED) is 0.120. The summed E-state index contributed by atoms with van der Waals surface area (Å²) in [6, 6.07) is 0. The van der Waals surface area contributed by atoms with Crippen molar-refractivity contribution in [1.29, 1.82) is 0 Å². The Kier molecular flexibility index (Phi) is 9.66. The van der Waals surface area contributed by atoms with Gasteiger partial charge in [-0.2, -0.15) is 119 Å². The van der Waals surface area contributed by atoms with Crippen LogP contribution in [0.2, 0.25) is 0 Å². The average Bonchev–Trinajstić information content (AvgIpc) is 2.69. The van der Waals surface area contributed by atoms with Crippen LogP contribution < -0.4 is 0 Å². The fourth-order valence-corrected chi connectivity index (χ4v) is 3.67. The van der Waals surface area contributed by atoms with E-state index in [9.17, 15) is 123 Å². The van der Waals surface area contributed by atoms with Crippen molar-refractivity contribution in [2.24, 2.45) is 0 Å². The molecule has 0 aromatic heterocycles. The van der Waals surface area contributed by atoms with Gasteiger partial charge in [-0.25, -0.2) is 4.11 Å². The van der Waals surface area contributed by atoms with Crippen molar-refractivity contribution < 1.29 is 132 Å². The zero-order valence-corrected chi connectivity index (χ0v) is 18.9. The maximum Gasteiger partial charge on any atom is 0.629 e. The highest BCUT2D eigenvalue weighted by molar-refractivity contribution is 6.63. The second-order valence-electron chi connectivity index (χ2n) is 7.29. The van der Waals surface area contributed by atoms with Crippen molar-refractivity contribution in [3.8, 4) is 0 Å². The Morgan fingerprint density at radius 3 is 0.698 bits per heavy atom. The lowest BCUT2D eigenvalue weighted by Crippen LogP contribution is -2.78. The molecule has 0 aliphatic heterocycles. The van der Waals surface area contributed by atoms with E-state index in [0.29, 0.717) is 0 Å². The van der Waals surface area contributed by atoms with Crippen LogP contribution in [0.3, 0.4) is 0 Å². The van der Waals surface area contributed by atoms with Crippen LogP contribution in [0.25, 0.3) is 0 Å². The molecule has 0 atom stereocenters. The van der Waals surface area contributed by atoms with E-state index in [1.54, 1.807) is 0 Å². The molecule has 31 heteroatoms. The Bertz CT molecular complexity index is 971. The minimum atomic E-state index is -11.1. The Morgan fingerprint density at radius 1 is 0.279 bits per heavy atom. The van der Waals surface area contributed by atoms with Gasteiger partial charge in [0.25, 0.3) is 0 Å². The summed E-state index contributed by atoms with van der Waals surface area (Å²) in [6.07, 6.45) is -40.6. The fourth-order valence-electron chi connectivity index (χ4n) is 1.95. The van der Waals surface area contributed by atoms with E-state index in [2.05, 4.69) is 0 Å². The van der Waals surface area contributed by atoms with Crippen LogP contribution in [-0.4, -0.2) is 80.7 Å². The third-order valence-electron chi connectivity index (χ3n) is 4.28. The average molecular weight is 736 g/mol. The van der Waals surface area contributed by atoms with Crippen LogP contribution in [0.4, 0.5) is 123 Å². The number of halogens is 28. The van der Waals surface area contributed by atoms with Crippen molar-refractivity contribution in [2.75, 3.05) is 0 Å². The molecular weight excluding hydrogens is 736 g/mol. The van der Waals surface area contributed by atoms with Crippen molar-refractivity contribution in [1.82, 2.24) is 0 Å². The first-order chi connectivity index (χ1) is 17.9. The zero-order valence-electron chi connectivity index (χ0n) is 17.9. The molecule has 0 radical (unpaired) electrons. The van der Waals surface area contributed by atoms with E-state index >= 15 is 0 Å². The highest BCUT2D eigenvalue weighted by Crippen LogP contribution is 2.65. The molecular formula is C12F28O2Si. The second kappa shape index (κ2) is 10.1. The maximum absolute atomic E-state index is 14.2. The van der Waals surface area contributed by atoms with Gasteiger partial charge >= 0.3 is 80.7 Å². The van der Waals surface area contributed by atoms with E-state index < -0.39 is 80.7 Å². The SMILES string of the molecule is FC(F)(F)C(F)(F)O[Si](F)(OC(F)(F)C(F)(F)F)C(F)(F)C(F)(F)C(F)(F)C(F)(F)C(F)(F)C(F)(F)C(F)(F)C(F)(F)F. The molecule has 0 N–H and O–H groups in total. The zero-order chi connectivity index (χ0) is 35.9. The Balaban J connectivity index is 7.63. The first-order valence-corrected chi connectivity index (χ1v) is 10.3. The first kappa shape index (κ1) is 41.2. The van der Waals surface area contributed by atoms with Gasteiger partial charge in [0.2, 0.25) is 0 Å². The standard InChI is InChI=1S/C12F28O2Si/c13-1(14,3(17,18)5(21,22)7(25,26)27)2(15,16)4(19,20)6(23,24)12(38,39)43(40,41-10(34,35)8(28,29)30)42-11(36,37)9(31,32)33. The third kappa shape index (κ3) is 5.84. The Morgan fingerprint density at radius 2 is 0.488 bits per heavy atom. The summed E-state index contributed by atoms with van der Waals surface area (Å²) in [4.78, 5) is 0. The van der Waals surface area contributed by atoms with E-state index in [0.717, 1.165) is 8.85 Å². The molecule has 0 saturated heterocycles. The number of rotatable bonds is 11. The molecule has 0 unspecified atom stereocenters. The Labute approximate surface area is 213 Å². The molecule has 2 nitrogen and oxygen atoms in total. The summed E-state index contributed by atoms with van der Waals surface area (Å²) in [6.45, 7) is 0. The van der Waals surface area contributed by atoms with Crippen LogP contribution in [0.15, 0.2) is 0 Å². The second-order valence-corrected chi connectivity index (χ2v) is 9.40. The lowest BCUT2D eigenvalue weighted by Gasteiger charge is -2.44. The molecule has 0 spiro atoms. The fraction of sp³-hybridized carbons (Fsp3) is 1.00. The minimum absolute atomic E-state index is 1.03. The predicted octanol–water partition coefficient (Wildman–Crippen LogP) is 8.79. The molecule has 260 valence electrons. The van der Waals surface area contributed by atoms with Crippen LogP contribution in [-0.2, 0) is 8.85 Å². The van der Waals surface area contributed by atoms with Crippen LogP contribution >= 0.6 is 0 Å². The molecule has 0 amide bonds. The van der Waals surface area contributed by atoms with Gasteiger partial charge in [-0.15, -0.1) is 0 Å². The lowest BCUT2D eigenvalue weighted by atomic mass is 9.91. The third-order valence-corrected chi connectivity index (χ3v) is 6.38. The van der Waals surface area contributed by atoms with Crippen molar-refractivity contribution >= 4 is 8.89 Å². The molecule has 0 aliphatic rings. The number of hydrogen-bond donors (Lipinski definition) is 0. The molecule has 0 bridgehead atoms. The summed E-state index contributed by atoms with van der Waals surface area (Å²) in [5.41, 5.74) is -9.44. The van der Waals surface area contributed by atoms with Gasteiger partial charge in [-0.3, -0.25) is 8.85 Å².